The Hall–Kier alpha value is -0.850. The number of alkyl halides is 1. The van der Waals surface area contributed by atoms with E-state index in [4.69, 9.17) is 21.1 Å². The molecule has 6 nitrogen and oxygen atoms in total. The van der Waals surface area contributed by atoms with Gasteiger partial charge in [0.2, 0.25) is 11.8 Å². The predicted molar refractivity (Wildman–Crippen MR) is 75.8 cm³/mol. The van der Waals surface area contributed by atoms with Crippen LogP contribution in [0.2, 0.25) is 0 Å². The number of carbonyl (C=O) groups excluding carboxylic acids is 2. The molecule has 1 heterocycles. The first-order chi connectivity index (χ1) is 9.69. The lowest BCUT2D eigenvalue weighted by molar-refractivity contribution is -0.142. The number of hydrogen-bond donors (Lipinski definition) is 0. The number of carbonyl (C=O) groups is 2. The van der Waals surface area contributed by atoms with E-state index in [2.05, 4.69) is 0 Å². The molecular formula is C13H23ClN2O4. The maximum atomic E-state index is 11.8. The van der Waals surface area contributed by atoms with Gasteiger partial charge in [0.25, 0.3) is 0 Å². The lowest BCUT2D eigenvalue weighted by Gasteiger charge is -2.34. The highest BCUT2D eigenvalue weighted by molar-refractivity contribution is 6.17. The first-order valence-corrected chi connectivity index (χ1v) is 7.40. The molecule has 116 valence electrons. The molecule has 1 rings (SSSR count). The normalized spacial score (nSPS) is 15.5. The van der Waals surface area contributed by atoms with Gasteiger partial charge in [0.15, 0.2) is 0 Å². The smallest absolute Gasteiger partial charge is 0.248 e. The Labute approximate surface area is 124 Å². The summed E-state index contributed by atoms with van der Waals surface area (Å²) in [5, 5.41) is 0. The zero-order valence-corrected chi connectivity index (χ0v) is 12.7. The van der Waals surface area contributed by atoms with Crippen molar-refractivity contribution in [3.63, 3.8) is 0 Å². The van der Waals surface area contributed by atoms with Crippen LogP contribution in [-0.4, -0.2) is 80.6 Å². The molecule has 0 aromatic heterocycles. The van der Waals surface area contributed by atoms with Gasteiger partial charge in [-0.1, -0.05) is 0 Å². The van der Waals surface area contributed by atoms with Crippen molar-refractivity contribution >= 4 is 23.4 Å². The van der Waals surface area contributed by atoms with Gasteiger partial charge in [-0.15, -0.1) is 11.6 Å². The number of halogens is 1. The zero-order valence-electron chi connectivity index (χ0n) is 12.0. The first kappa shape index (κ1) is 17.2. The van der Waals surface area contributed by atoms with Gasteiger partial charge in [-0.25, -0.2) is 0 Å². The maximum Gasteiger partial charge on any atom is 0.248 e. The quantitative estimate of drug-likeness (QED) is 0.479. The van der Waals surface area contributed by atoms with Crippen molar-refractivity contribution in [2.45, 2.75) is 12.8 Å². The minimum absolute atomic E-state index is 0.0334. The number of hydrogen-bond acceptors (Lipinski definition) is 4. The van der Waals surface area contributed by atoms with Crippen LogP contribution in [0.4, 0.5) is 0 Å². The van der Waals surface area contributed by atoms with Gasteiger partial charge in [0.1, 0.15) is 6.61 Å². The molecule has 1 aliphatic rings. The standard InChI is InChI=1S/C13H23ClN2O4/c1-19-9-10-20-11-13(18)16-7-5-15(6-8-16)12(17)3-2-4-14/h2-11H2,1H3. The number of rotatable bonds is 8. The van der Waals surface area contributed by atoms with Gasteiger partial charge in [0.05, 0.1) is 13.2 Å². The maximum absolute atomic E-state index is 11.8. The highest BCUT2D eigenvalue weighted by Gasteiger charge is 2.23. The van der Waals surface area contributed by atoms with Crippen molar-refractivity contribution in [2.75, 3.05) is 59.0 Å². The van der Waals surface area contributed by atoms with Gasteiger partial charge in [-0.3, -0.25) is 9.59 Å². The van der Waals surface area contributed by atoms with Gasteiger partial charge < -0.3 is 19.3 Å². The Morgan fingerprint density at radius 2 is 1.65 bits per heavy atom. The number of amides is 2. The third-order valence-electron chi connectivity index (χ3n) is 3.17. The highest BCUT2D eigenvalue weighted by atomic mass is 35.5. The van der Waals surface area contributed by atoms with Gasteiger partial charge in [0, 0.05) is 45.6 Å². The molecule has 0 aliphatic carbocycles. The Kier molecular flexibility index (Phi) is 8.57. The van der Waals surface area contributed by atoms with E-state index in [0.29, 0.717) is 58.1 Å². The van der Waals surface area contributed by atoms with Gasteiger partial charge in [-0.2, -0.15) is 0 Å². The van der Waals surface area contributed by atoms with Gasteiger partial charge in [-0.05, 0) is 6.42 Å². The van der Waals surface area contributed by atoms with E-state index < -0.39 is 0 Å². The second kappa shape index (κ2) is 9.96. The van der Waals surface area contributed by atoms with Crippen molar-refractivity contribution < 1.29 is 19.1 Å². The summed E-state index contributed by atoms with van der Waals surface area (Å²) in [6.07, 6.45) is 1.18. The number of piperazine rings is 1. The Morgan fingerprint density at radius 3 is 2.20 bits per heavy atom. The number of ether oxygens (including phenoxy) is 2. The summed E-state index contributed by atoms with van der Waals surface area (Å²) in [6, 6.07) is 0. The fourth-order valence-electron chi connectivity index (χ4n) is 1.97. The van der Waals surface area contributed by atoms with E-state index >= 15 is 0 Å². The Balaban J connectivity index is 2.20. The molecule has 1 saturated heterocycles. The third kappa shape index (κ3) is 6.07. The molecule has 0 aromatic carbocycles. The first-order valence-electron chi connectivity index (χ1n) is 6.87. The third-order valence-corrected chi connectivity index (χ3v) is 3.43. The van der Waals surface area contributed by atoms with Crippen molar-refractivity contribution in [2.24, 2.45) is 0 Å². The Morgan fingerprint density at radius 1 is 1.05 bits per heavy atom. The molecule has 7 heteroatoms. The average molecular weight is 307 g/mol. The molecule has 0 bridgehead atoms. The van der Waals surface area contributed by atoms with E-state index in [1.54, 1.807) is 16.9 Å². The van der Waals surface area contributed by atoms with E-state index in [1.807, 2.05) is 0 Å². The fraction of sp³-hybridized carbons (Fsp3) is 0.846. The van der Waals surface area contributed by atoms with Crippen LogP contribution in [0.1, 0.15) is 12.8 Å². The number of nitrogens with zero attached hydrogens (tertiary/aromatic N) is 2. The summed E-state index contributed by atoms with van der Waals surface area (Å²) in [4.78, 5) is 27.2. The van der Waals surface area contributed by atoms with E-state index in [1.165, 1.54) is 0 Å². The summed E-state index contributed by atoms with van der Waals surface area (Å²) >= 11 is 5.57. The highest BCUT2D eigenvalue weighted by Crippen LogP contribution is 2.06. The molecule has 0 aromatic rings. The zero-order chi connectivity index (χ0) is 14.8. The van der Waals surface area contributed by atoms with Crippen LogP contribution in [0, 0.1) is 0 Å². The largest absolute Gasteiger partial charge is 0.382 e. The summed E-state index contributed by atoms with van der Waals surface area (Å²) < 4.78 is 10.0. The molecule has 0 N–H and O–H groups in total. The van der Waals surface area contributed by atoms with Gasteiger partial charge >= 0.3 is 0 Å². The van der Waals surface area contributed by atoms with E-state index in [0.717, 1.165) is 0 Å². The second-order valence-corrected chi connectivity index (χ2v) is 4.98. The van der Waals surface area contributed by atoms with Crippen LogP contribution < -0.4 is 0 Å². The van der Waals surface area contributed by atoms with Crippen molar-refractivity contribution in [1.29, 1.82) is 0 Å². The molecule has 0 atom stereocenters. The topological polar surface area (TPSA) is 59.1 Å². The minimum atomic E-state index is -0.0334. The lowest BCUT2D eigenvalue weighted by Crippen LogP contribution is -2.51. The average Bonchev–Trinajstić information content (AvgIpc) is 2.49. The summed E-state index contributed by atoms with van der Waals surface area (Å²) in [6.45, 7) is 3.28. The Bertz CT molecular complexity index is 307. The van der Waals surface area contributed by atoms with Crippen LogP contribution in [0.25, 0.3) is 0 Å². The van der Waals surface area contributed by atoms with Crippen LogP contribution in [0.3, 0.4) is 0 Å². The fourth-order valence-corrected chi connectivity index (χ4v) is 2.11. The van der Waals surface area contributed by atoms with E-state index in [9.17, 15) is 9.59 Å². The second-order valence-electron chi connectivity index (χ2n) is 4.60. The van der Waals surface area contributed by atoms with E-state index in [-0.39, 0.29) is 18.4 Å². The van der Waals surface area contributed by atoms with Crippen molar-refractivity contribution in [1.82, 2.24) is 9.80 Å². The predicted octanol–water partition coefficient (Wildman–Crippen LogP) is 0.339. The monoisotopic (exact) mass is 306 g/mol. The van der Waals surface area contributed by atoms with Crippen molar-refractivity contribution in [3.8, 4) is 0 Å². The van der Waals surface area contributed by atoms with Crippen LogP contribution in [0.15, 0.2) is 0 Å². The molecule has 0 unspecified atom stereocenters. The van der Waals surface area contributed by atoms with Crippen LogP contribution in [-0.2, 0) is 19.1 Å². The lowest BCUT2D eigenvalue weighted by atomic mass is 10.2. The number of methoxy groups -OCH3 is 1. The molecular weight excluding hydrogens is 284 g/mol. The molecule has 2 amide bonds. The summed E-state index contributed by atoms with van der Waals surface area (Å²) in [5.74, 6) is 0.589. The molecule has 1 aliphatic heterocycles. The SMILES string of the molecule is COCCOCC(=O)N1CCN(C(=O)CCCCl)CC1. The molecule has 1 fully saturated rings. The van der Waals surface area contributed by atoms with Crippen LogP contribution in [0.5, 0.6) is 0 Å². The van der Waals surface area contributed by atoms with Crippen LogP contribution >= 0.6 is 11.6 Å². The summed E-state index contributed by atoms with van der Waals surface area (Å²) in [5.41, 5.74) is 0. The molecule has 20 heavy (non-hydrogen) atoms. The minimum Gasteiger partial charge on any atom is -0.382 e. The summed E-state index contributed by atoms with van der Waals surface area (Å²) in [7, 11) is 1.59. The molecule has 0 spiro atoms. The molecule has 0 radical (unpaired) electrons. The molecule has 0 saturated carbocycles. The van der Waals surface area contributed by atoms with Crippen molar-refractivity contribution in [3.05, 3.63) is 0 Å².